The molecule has 0 aliphatic carbocycles. The largest absolute Gasteiger partial charge is 0.497 e. The van der Waals surface area contributed by atoms with Gasteiger partial charge in [-0.2, -0.15) is 4.31 Å². The van der Waals surface area contributed by atoms with Crippen molar-refractivity contribution in [1.82, 2.24) is 15.2 Å². The van der Waals surface area contributed by atoms with E-state index in [1.165, 1.54) is 24.6 Å². The van der Waals surface area contributed by atoms with Crippen molar-refractivity contribution in [3.05, 3.63) is 53.6 Å². The van der Waals surface area contributed by atoms with Crippen molar-refractivity contribution in [2.45, 2.75) is 24.7 Å². The third-order valence-corrected chi connectivity index (χ3v) is 7.25. The molecule has 2 aromatic carbocycles. The van der Waals surface area contributed by atoms with Crippen molar-refractivity contribution < 1.29 is 27.5 Å². The van der Waals surface area contributed by atoms with Crippen LogP contribution in [0.3, 0.4) is 0 Å². The van der Waals surface area contributed by atoms with E-state index in [0.717, 1.165) is 5.56 Å². The summed E-state index contributed by atoms with van der Waals surface area (Å²) in [4.78, 5) is 25.3. The number of nitrogens with one attached hydrogen (secondary N) is 2. The first-order valence-corrected chi connectivity index (χ1v) is 11.6. The lowest BCUT2D eigenvalue weighted by atomic mass is 9.99. The molecule has 1 saturated heterocycles. The summed E-state index contributed by atoms with van der Waals surface area (Å²) < 4.78 is 37.5. The number of rotatable bonds is 6. The highest BCUT2D eigenvalue weighted by molar-refractivity contribution is 7.89. The minimum Gasteiger partial charge on any atom is -0.497 e. The van der Waals surface area contributed by atoms with Crippen molar-refractivity contribution in [3.63, 3.8) is 0 Å². The summed E-state index contributed by atoms with van der Waals surface area (Å²) in [6.45, 7) is 2.27. The van der Waals surface area contributed by atoms with E-state index in [0.29, 0.717) is 30.9 Å². The number of carbonyl (C=O) groups excluding carboxylic acids is 2. The first kappa shape index (κ1) is 23.6. The van der Waals surface area contributed by atoms with Crippen molar-refractivity contribution in [2.24, 2.45) is 5.92 Å². The van der Waals surface area contributed by atoms with Crippen molar-refractivity contribution in [3.8, 4) is 11.5 Å². The molecule has 1 heterocycles. The Balaban J connectivity index is 1.63. The van der Waals surface area contributed by atoms with Crippen LogP contribution in [0.5, 0.6) is 11.5 Å². The highest BCUT2D eigenvalue weighted by Gasteiger charge is 2.33. The second kappa shape index (κ2) is 10.0. The number of hydrogen-bond acceptors (Lipinski definition) is 6. The summed E-state index contributed by atoms with van der Waals surface area (Å²) in [5.41, 5.74) is 5.96. The fourth-order valence-corrected chi connectivity index (χ4v) is 5.03. The zero-order chi connectivity index (χ0) is 23.3. The standard InChI is InChI=1S/C22H27N3O6S/c1-15-6-9-18(10-7-15)32(28,29)25-12-4-5-16(14-25)21(26)23-24-22(27)19-11-8-17(30-2)13-20(19)31-3/h6-11,13,16H,4-5,12,14H2,1-3H3,(H,23,26)(H,24,27)/t16-/m0/s1. The van der Waals surface area contributed by atoms with Crippen LogP contribution in [-0.2, 0) is 14.8 Å². The Labute approximate surface area is 187 Å². The molecule has 0 saturated carbocycles. The number of amides is 2. The molecule has 2 aromatic rings. The van der Waals surface area contributed by atoms with E-state index >= 15 is 0 Å². The van der Waals surface area contributed by atoms with E-state index in [-0.39, 0.29) is 17.0 Å². The Hall–Kier alpha value is -3.11. The number of sulfonamides is 1. The summed E-state index contributed by atoms with van der Waals surface area (Å²) in [5, 5.41) is 0. The predicted molar refractivity (Wildman–Crippen MR) is 118 cm³/mol. The van der Waals surface area contributed by atoms with E-state index in [4.69, 9.17) is 9.47 Å². The zero-order valence-corrected chi connectivity index (χ0v) is 19.1. The van der Waals surface area contributed by atoms with Gasteiger partial charge in [0.25, 0.3) is 5.91 Å². The molecule has 0 unspecified atom stereocenters. The number of nitrogens with zero attached hydrogens (tertiary/aromatic N) is 1. The third-order valence-electron chi connectivity index (χ3n) is 5.37. The SMILES string of the molecule is COc1ccc(C(=O)NNC(=O)[C@H]2CCCN(S(=O)(=O)c3ccc(C)cc3)C2)c(OC)c1. The maximum Gasteiger partial charge on any atom is 0.273 e. The molecule has 3 rings (SSSR count). The quantitative estimate of drug-likeness (QED) is 0.635. The van der Waals surface area contributed by atoms with Gasteiger partial charge in [0.05, 0.1) is 30.6 Å². The van der Waals surface area contributed by atoms with Gasteiger partial charge in [0, 0.05) is 19.2 Å². The van der Waals surface area contributed by atoms with Crippen LogP contribution in [0.15, 0.2) is 47.4 Å². The van der Waals surface area contributed by atoms with E-state index in [1.54, 1.807) is 36.4 Å². The Kier molecular flexibility index (Phi) is 7.37. The van der Waals surface area contributed by atoms with E-state index in [9.17, 15) is 18.0 Å². The zero-order valence-electron chi connectivity index (χ0n) is 18.3. The minimum absolute atomic E-state index is 0.0454. The summed E-state index contributed by atoms with van der Waals surface area (Å²) in [7, 11) is -0.770. The van der Waals surface area contributed by atoms with Gasteiger partial charge in [-0.05, 0) is 44.0 Å². The van der Waals surface area contributed by atoms with Gasteiger partial charge in [-0.25, -0.2) is 8.42 Å². The molecule has 1 aliphatic heterocycles. The van der Waals surface area contributed by atoms with Crippen LogP contribution in [0.1, 0.15) is 28.8 Å². The molecule has 32 heavy (non-hydrogen) atoms. The topological polar surface area (TPSA) is 114 Å². The Morgan fingerprint density at radius 3 is 2.41 bits per heavy atom. The lowest BCUT2D eigenvalue weighted by Gasteiger charge is -2.31. The van der Waals surface area contributed by atoms with Crippen LogP contribution in [0, 0.1) is 12.8 Å². The monoisotopic (exact) mass is 461 g/mol. The second-order valence-electron chi connectivity index (χ2n) is 7.52. The number of methoxy groups -OCH3 is 2. The Morgan fingerprint density at radius 1 is 1.03 bits per heavy atom. The van der Waals surface area contributed by atoms with Crippen LogP contribution >= 0.6 is 0 Å². The third kappa shape index (κ3) is 5.20. The number of hydrogen-bond donors (Lipinski definition) is 2. The van der Waals surface area contributed by atoms with Gasteiger partial charge in [0.2, 0.25) is 15.9 Å². The summed E-state index contributed by atoms with van der Waals surface area (Å²) >= 11 is 0. The molecule has 2 N–H and O–H groups in total. The second-order valence-corrected chi connectivity index (χ2v) is 9.46. The molecular formula is C22H27N3O6S. The highest BCUT2D eigenvalue weighted by atomic mass is 32.2. The fraction of sp³-hybridized carbons (Fsp3) is 0.364. The van der Waals surface area contributed by atoms with Gasteiger partial charge >= 0.3 is 0 Å². The van der Waals surface area contributed by atoms with Crippen molar-refractivity contribution in [2.75, 3.05) is 27.3 Å². The van der Waals surface area contributed by atoms with E-state index in [1.807, 2.05) is 6.92 Å². The van der Waals surface area contributed by atoms with Gasteiger partial charge < -0.3 is 9.47 Å². The molecule has 9 nitrogen and oxygen atoms in total. The molecule has 10 heteroatoms. The number of benzene rings is 2. The van der Waals surface area contributed by atoms with Gasteiger partial charge in [-0.15, -0.1) is 0 Å². The first-order valence-electron chi connectivity index (χ1n) is 10.2. The predicted octanol–water partition coefficient (Wildman–Crippen LogP) is 1.87. The van der Waals surface area contributed by atoms with Crippen LogP contribution in [0.2, 0.25) is 0 Å². The summed E-state index contributed by atoms with van der Waals surface area (Å²) in [6, 6.07) is 11.3. The molecule has 172 valence electrons. The molecule has 2 amide bonds. The normalized spacial score (nSPS) is 16.8. The number of ether oxygens (including phenoxy) is 2. The van der Waals surface area contributed by atoms with Gasteiger partial charge in [0.15, 0.2) is 0 Å². The van der Waals surface area contributed by atoms with Gasteiger partial charge in [-0.1, -0.05) is 17.7 Å². The van der Waals surface area contributed by atoms with Crippen molar-refractivity contribution >= 4 is 21.8 Å². The minimum atomic E-state index is -3.70. The Morgan fingerprint density at radius 2 is 1.75 bits per heavy atom. The lowest BCUT2D eigenvalue weighted by Crippen LogP contribution is -2.50. The lowest BCUT2D eigenvalue weighted by molar-refractivity contribution is -0.126. The van der Waals surface area contributed by atoms with E-state index < -0.39 is 27.8 Å². The molecule has 0 bridgehead atoms. The van der Waals surface area contributed by atoms with E-state index in [2.05, 4.69) is 10.9 Å². The van der Waals surface area contributed by atoms with Gasteiger partial charge in [0.1, 0.15) is 11.5 Å². The van der Waals surface area contributed by atoms with Crippen LogP contribution in [0.25, 0.3) is 0 Å². The molecule has 0 spiro atoms. The number of aryl methyl sites for hydroxylation is 1. The van der Waals surface area contributed by atoms with Crippen molar-refractivity contribution in [1.29, 1.82) is 0 Å². The average molecular weight is 462 g/mol. The number of piperidine rings is 1. The van der Waals surface area contributed by atoms with Crippen LogP contribution in [-0.4, -0.2) is 51.8 Å². The smallest absolute Gasteiger partial charge is 0.273 e. The summed E-state index contributed by atoms with van der Waals surface area (Å²) in [5.74, 6) is -0.766. The average Bonchev–Trinajstić information content (AvgIpc) is 2.82. The highest BCUT2D eigenvalue weighted by Crippen LogP contribution is 2.25. The fourth-order valence-electron chi connectivity index (χ4n) is 3.51. The molecule has 0 radical (unpaired) electrons. The summed E-state index contributed by atoms with van der Waals surface area (Å²) in [6.07, 6.45) is 1.07. The maximum atomic E-state index is 12.9. The molecule has 1 fully saturated rings. The Bertz CT molecular complexity index is 1090. The van der Waals surface area contributed by atoms with Gasteiger partial charge in [-0.3, -0.25) is 20.4 Å². The van der Waals surface area contributed by atoms with Crippen LogP contribution in [0.4, 0.5) is 0 Å². The number of carbonyl (C=O) groups is 2. The molecular weight excluding hydrogens is 434 g/mol. The maximum absolute atomic E-state index is 12.9. The number of hydrazine groups is 1. The molecule has 1 atom stereocenters. The molecule has 0 aromatic heterocycles. The van der Waals surface area contributed by atoms with Crippen LogP contribution < -0.4 is 20.3 Å². The molecule has 1 aliphatic rings. The first-order chi connectivity index (χ1) is 15.3.